The number of hydrogen-bond donors (Lipinski definition) is 0. The molecule has 0 radical (unpaired) electrons. The highest BCUT2D eigenvalue weighted by Gasteiger charge is 2.36. The van der Waals surface area contributed by atoms with Crippen molar-refractivity contribution in [3.8, 4) is 5.75 Å². The highest BCUT2D eigenvalue weighted by atomic mass is 16.6. The van der Waals surface area contributed by atoms with Crippen molar-refractivity contribution >= 4 is 23.6 Å². The Hall–Kier alpha value is -4.41. The number of piperidine rings is 2. The number of amides is 3. The Kier molecular flexibility index (Phi) is 11.6. The molecule has 0 aromatic heterocycles. The second-order valence-corrected chi connectivity index (χ2v) is 14.8. The summed E-state index contributed by atoms with van der Waals surface area (Å²) in [6.45, 7) is 9.37. The van der Waals surface area contributed by atoms with E-state index >= 15 is 0 Å². The summed E-state index contributed by atoms with van der Waals surface area (Å²) in [6, 6.07) is 24.3. The third-order valence-electron chi connectivity index (χ3n) is 10.0. The number of ether oxygens (including phenoxy) is 4. The van der Waals surface area contributed by atoms with E-state index in [4.69, 9.17) is 18.9 Å². The number of hydrogen-bond acceptors (Lipinski definition) is 7. The minimum Gasteiger partial charge on any atom is -0.482 e. The van der Waals surface area contributed by atoms with Gasteiger partial charge >= 0.3 is 6.09 Å². The third kappa shape index (κ3) is 9.10. The number of likely N-dealkylation sites (tertiary alicyclic amines) is 2. The molecule has 0 bridgehead atoms. The fraction of sp³-hybridized carbons (Fsp3) is 0.488. The van der Waals surface area contributed by atoms with Crippen LogP contribution in [0.25, 0.3) is 0 Å². The zero-order valence-electron chi connectivity index (χ0n) is 30.3. The van der Waals surface area contributed by atoms with E-state index in [1.54, 1.807) is 16.9 Å². The Morgan fingerprint density at radius 1 is 0.882 bits per heavy atom. The molecule has 0 N–H and O–H groups in total. The predicted octanol–water partition coefficient (Wildman–Crippen LogP) is 6.78. The smallest absolute Gasteiger partial charge is 0.410 e. The molecule has 3 amide bonds. The van der Waals surface area contributed by atoms with Crippen LogP contribution in [0.4, 0.5) is 10.5 Å². The fourth-order valence-electron chi connectivity index (χ4n) is 7.31. The minimum absolute atomic E-state index is 0.00235. The molecular weight excluding hydrogens is 646 g/mol. The van der Waals surface area contributed by atoms with Crippen LogP contribution < -0.4 is 9.64 Å². The number of anilines is 1. The van der Waals surface area contributed by atoms with E-state index in [0.29, 0.717) is 56.3 Å². The van der Waals surface area contributed by atoms with E-state index in [-0.39, 0.29) is 43.1 Å². The molecule has 0 saturated carbocycles. The van der Waals surface area contributed by atoms with Crippen LogP contribution in [0.3, 0.4) is 0 Å². The van der Waals surface area contributed by atoms with Crippen LogP contribution in [0.15, 0.2) is 72.8 Å². The van der Waals surface area contributed by atoms with E-state index < -0.39 is 5.60 Å². The Morgan fingerprint density at radius 3 is 2.31 bits per heavy atom. The van der Waals surface area contributed by atoms with Crippen LogP contribution >= 0.6 is 0 Å². The van der Waals surface area contributed by atoms with Gasteiger partial charge in [-0.15, -0.1) is 0 Å². The first-order valence-electron chi connectivity index (χ1n) is 18.2. The molecule has 51 heavy (non-hydrogen) atoms. The third-order valence-corrected chi connectivity index (χ3v) is 10.0. The van der Waals surface area contributed by atoms with Gasteiger partial charge in [-0.2, -0.15) is 0 Å². The number of carbonyl (C=O) groups is 3. The van der Waals surface area contributed by atoms with Crippen molar-refractivity contribution in [1.82, 2.24) is 9.80 Å². The van der Waals surface area contributed by atoms with Gasteiger partial charge in [0.2, 0.25) is 0 Å². The molecule has 3 aromatic rings. The standard InChI is InChI=1S/C41H51N3O7/c1-41(2,3)51-40(47)43-23-19-34(32-12-14-33(15-13-32)39(46)42-21-17-31(18-22-42)30-9-6-5-7-10-30)37(26-43)49-27-29-11-16-36-35(25-29)44(20-8-24-48-4)38(45)28-50-36/h5-7,9-16,25,31,34,37H,8,17-24,26-28H2,1-4H3. The molecule has 10 nitrogen and oxygen atoms in total. The second kappa shape index (κ2) is 16.3. The van der Waals surface area contributed by atoms with Crippen molar-refractivity contribution in [3.63, 3.8) is 0 Å². The lowest BCUT2D eigenvalue weighted by molar-refractivity contribution is -0.121. The SMILES string of the molecule is COCCCN1C(=O)COc2ccc(COC3CN(C(=O)OC(C)(C)C)CCC3c3ccc(C(=O)N4CCC(c5ccccc5)CC4)cc3)cc21. The van der Waals surface area contributed by atoms with Crippen LogP contribution in [0.2, 0.25) is 0 Å². The summed E-state index contributed by atoms with van der Waals surface area (Å²) in [6.07, 6.45) is 2.64. The van der Waals surface area contributed by atoms with Gasteiger partial charge in [0.15, 0.2) is 6.61 Å². The summed E-state index contributed by atoms with van der Waals surface area (Å²) in [7, 11) is 1.65. The Balaban J connectivity index is 1.14. The van der Waals surface area contributed by atoms with Gasteiger partial charge in [0, 0.05) is 51.4 Å². The summed E-state index contributed by atoms with van der Waals surface area (Å²) in [5.74, 6) is 1.13. The Labute approximate surface area is 301 Å². The Morgan fingerprint density at radius 2 is 1.61 bits per heavy atom. The molecule has 2 atom stereocenters. The minimum atomic E-state index is -0.610. The maximum absolute atomic E-state index is 13.5. The maximum atomic E-state index is 13.5. The van der Waals surface area contributed by atoms with Gasteiger partial charge in [0.05, 0.1) is 24.9 Å². The van der Waals surface area contributed by atoms with Crippen molar-refractivity contribution in [3.05, 3.63) is 95.1 Å². The number of benzene rings is 3. The summed E-state index contributed by atoms with van der Waals surface area (Å²) in [4.78, 5) is 44.8. The van der Waals surface area contributed by atoms with E-state index in [0.717, 1.165) is 42.7 Å². The van der Waals surface area contributed by atoms with Gasteiger partial charge in [-0.05, 0) is 93.3 Å². The lowest BCUT2D eigenvalue weighted by Crippen LogP contribution is -2.48. The van der Waals surface area contributed by atoms with Crippen LogP contribution in [0.1, 0.15) is 85.3 Å². The number of rotatable bonds is 10. The quantitative estimate of drug-likeness (QED) is 0.216. The van der Waals surface area contributed by atoms with Gasteiger partial charge < -0.3 is 33.6 Å². The van der Waals surface area contributed by atoms with Gasteiger partial charge in [0.1, 0.15) is 11.4 Å². The topological polar surface area (TPSA) is 97.9 Å². The van der Waals surface area contributed by atoms with Crippen molar-refractivity contribution < 1.29 is 33.3 Å². The van der Waals surface area contributed by atoms with Crippen molar-refractivity contribution in [2.45, 2.75) is 76.6 Å². The molecule has 6 rings (SSSR count). The maximum Gasteiger partial charge on any atom is 0.410 e. The number of carbonyl (C=O) groups excluding carboxylic acids is 3. The van der Waals surface area contributed by atoms with Gasteiger partial charge in [-0.3, -0.25) is 9.59 Å². The normalized spacial score (nSPS) is 19.8. The molecule has 3 aromatic carbocycles. The second-order valence-electron chi connectivity index (χ2n) is 14.8. The van der Waals surface area contributed by atoms with Crippen molar-refractivity contribution in [1.29, 1.82) is 0 Å². The van der Waals surface area contributed by atoms with E-state index in [1.165, 1.54) is 5.56 Å². The lowest BCUT2D eigenvalue weighted by atomic mass is 9.86. The molecule has 3 heterocycles. The molecule has 0 aliphatic carbocycles. The van der Waals surface area contributed by atoms with Crippen LogP contribution in [-0.4, -0.2) is 92.5 Å². The van der Waals surface area contributed by atoms with E-state index in [2.05, 4.69) is 24.3 Å². The monoisotopic (exact) mass is 697 g/mol. The molecule has 3 aliphatic rings. The van der Waals surface area contributed by atoms with Crippen LogP contribution in [0.5, 0.6) is 5.75 Å². The molecule has 10 heteroatoms. The van der Waals surface area contributed by atoms with Crippen molar-refractivity contribution in [2.75, 3.05) is 57.9 Å². The zero-order chi connectivity index (χ0) is 36.0. The summed E-state index contributed by atoms with van der Waals surface area (Å²) in [5, 5.41) is 0. The summed E-state index contributed by atoms with van der Waals surface area (Å²) >= 11 is 0. The lowest BCUT2D eigenvalue weighted by Gasteiger charge is -2.39. The first-order valence-corrected chi connectivity index (χ1v) is 18.2. The molecule has 2 unspecified atom stereocenters. The molecule has 0 spiro atoms. The number of nitrogens with zero attached hydrogens (tertiary/aromatic N) is 3. The summed E-state index contributed by atoms with van der Waals surface area (Å²) in [5.41, 5.74) is 4.11. The predicted molar refractivity (Wildman–Crippen MR) is 195 cm³/mol. The molecule has 3 aliphatic heterocycles. The Bertz CT molecular complexity index is 1650. The van der Waals surface area contributed by atoms with Gasteiger partial charge in [0.25, 0.3) is 11.8 Å². The molecule has 272 valence electrons. The average Bonchev–Trinajstić information content (AvgIpc) is 3.14. The first-order chi connectivity index (χ1) is 24.6. The number of methoxy groups -OCH3 is 1. The van der Waals surface area contributed by atoms with Crippen LogP contribution in [-0.2, 0) is 25.6 Å². The van der Waals surface area contributed by atoms with Gasteiger partial charge in [-0.25, -0.2) is 4.79 Å². The first kappa shape index (κ1) is 36.4. The van der Waals surface area contributed by atoms with Gasteiger partial charge in [-0.1, -0.05) is 48.5 Å². The number of fused-ring (bicyclic) bond motifs is 1. The highest BCUT2D eigenvalue weighted by Crippen LogP contribution is 2.36. The average molecular weight is 698 g/mol. The van der Waals surface area contributed by atoms with E-state index in [1.807, 2.05) is 74.2 Å². The molecular formula is C41H51N3O7. The summed E-state index contributed by atoms with van der Waals surface area (Å²) < 4.78 is 23.3. The van der Waals surface area contributed by atoms with Crippen molar-refractivity contribution in [2.24, 2.45) is 0 Å². The molecule has 2 saturated heterocycles. The molecule has 2 fully saturated rings. The zero-order valence-corrected chi connectivity index (χ0v) is 30.3. The highest BCUT2D eigenvalue weighted by molar-refractivity contribution is 5.98. The van der Waals surface area contributed by atoms with E-state index in [9.17, 15) is 14.4 Å². The van der Waals surface area contributed by atoms with Crippen LogP contribution in [0, 0.1) is 0 Å². The largest absolute Gasteiger partial charge is 0.482 e. The fourth-order valence-corrected chi connectivity index (χ4v) is 7.31.